The van der Waals surface area contributed by atoms with Gasteiger partial charge in [0.05, 0.1) is 5.52 Å². The lowest BCUT2D eigenvalue weighted by atomic mass is 10.1. The number of nitrogens with one attached hydrogen (secondary N) is 1. The number of ether oxygens (including phenoxy) is 1. The van der Waals surface area contributed by atoms with E-state index >= 15 is 0 Å². The number of hydrogen-bond donors (Lipinski definition) is 2. The molecule has 0 fully saturated rings. The molecule has 6 heteroatoms. The van der Waals surface area contributed by atoms with Gasteiger partial charge in [-0.3, -0.25) is 4.79 Å². The van der Waals surface area contributed by atoms with E-state index in [0.717, 1.165) is 21.9 Å². The predicted octanol–water partition coefficient (Wildman–Crippen LogP) is 5.02. The van der Waals surface area contributed by atoms with Crippen LogP contribution in [0.2, 0.25) is 0 Å². The second-order valence-corrected chi connectivity index (χ2v) is 6.21. The molecule has 0 unspecified atom stereocenters. The fourth-order valence-electron chi connectivity index (χ4n) is 2.97. The molecule has 1 amide bonds. The lowest BCUT2D eigenvalue weighted by Gasteiger charge is -2.04. The van der Waals surface area contributed by atoms with E-state index in [9.17, 15) is 9.90 Å². The van der Waals surface area contributed by atoms with Gasteiger partial charge >= 0.3 is 5.91 Å². The summed E-state index contributed by atoms with van der Waals surface area (Å²) in [6, 6.07) is 19.1. The molecule has 1 aromatic heterocycles. The van der Waals surface area contributed by atoms with E-state index in [1.54, 1.807) is 6.07 Å². The summed E-state index contributed by atoms with van der Waals surface area (Å²) in [5, 5.41) is 20.4. The number of aromatic amines is 1. The van der Waals surface area contributed by atoms with Gasteiger partial charge in [-0.25, -0.2) is 0 Å². The number of azo groups is 1. The molecule has 0 aliphatic heterocycles. The monoisotopic (exact) mass is 359 g/mol. The molecule has 4 aromatic rings. The quantitative estimate of drug-likeness (QED) is 0.501. The summed E-state index contributed by atoms with van der Waals surface area (Å²) >= 11 is 0. The molecule has 0 bridgehead atoms. The van der Waals surface area contributed by atoms with Gasteiger partial charge in [0, 0.05) is 5.39 Å². The molecule has 0 spiro atoms. The molecule has 0 aliphatic carbocycles. The third kappa shape index (κ3) is 3.37. The highest BCUT2D eigenvalue weighted by Gasteiger charge is 2.12. The van der Waals surface area contributed by atoms with Crippen molar-refractivity contribution in [2.75, 3.05) is 6.61 Å². The number of nitrogens with zero attached hydrogens (tertiary/aromatic N) is 2. The minimum atomic E-state index is -0.537. The van der Waals surface area contributed by atoms with Crippen LogP contribution in [-0.2, 0) is 4.79 Å². The highest BCUT2D eigenvalue weighted by Crippen LogP contribution is 2.36. The maximum Gasteiger partial charge on any atom is 0.302 e. The van der Waals surface area contributed by atoms with Gasteiger partial charge in [-0.15, -0.1) is 10.2 Å². The first-order valence-electron chi connectivity index (χ1n) is 8.48. The Hall–Kier alpha value is -3.67. The minimum absolute atomic E-state index is 0.119. The van der Waals surface area contributed by atoms with E-state index in [0.29, 0.717) is 11.1 Å². The SMILES string of the molecule is Cc1cccc2c(N=NC(=O)COc3ccc4ccccc4c3)c(O)[nH]c12. The molecular weight excluding hydrogens is 342 g/mol. The van der Waals surface area contributed by atoms with Crippen LogP contribution in [0.5, 0.6) is 11.6 Å². The summed E-state index contributed by atoms with van der Waals surface area (Å²) in [4.78, 5) is 14.9. The largest absolute Gasteiger partial charge is 0.493 e. The fraction of sp³-hybridized carbons (Fsp3) is 0.0952. The standard InChI is InChI=1S/C21H17N3O3/c1-13-5-4-8-17-19(13)22-21(26)20(17)24-23-18(25)12-27-16-10-9-14-6-2-3-7-15(14)11-16/h2-11,22,26H,12H2,1H3. The van der Waals surface area contributed by atoms with Crippen LogP contribution in [0.15, 0.2) is 70.9 Å². The van der Waals surface area contributed by atoms with Gasteiger partial charge in [-0.1, -0.05) is 48.5 Å². The first-order chi connectivity index (χ1) is 13.1. The van der Waals surface area contributed by atoms with Crippen LogP contribution in [-0.4, -0.2) is 22.6 Å². The highest BCUT2D eigenvalue weighted by atomic mass is 16.5. The summed E-state index contributed by atoms with van der Waals surface area (Å²) < 4.78 is 5.51. The Kier molecular flexibility index (Phi) is 4.30. The Morgan fingerprint density at radius 3 is 2.74 bits per heavy atom. The predicted molar refractivity (Wildman–Crippen MR) is 104 cm³/mol. The van der Waals surface area contributed by atoms with Crippen molar-refractivity contribution in [2.24, 2.45) is 10.2 Å². The fourth-order valence-corrected chi connectivity index (χ4v) is 2.97. The van der Waals surface area contributed by atoms with Gasteiger partial charge in [0.15, 0.2) is 12.3 Å². The van der Waals surface area contributed by atoms with E-state index in [2.05, 4.69) is 15.2 Å². The van der Waals surface area contributed by atoms with E-state index in [1.165, 1.54) is 0 Å². The maximum absolute atomic E-state index is 12.0. The van der Waals surface area contributed by atoms with E-state index < -0.39 is 5.91 Å². The number of aromatic nitrogens is 1. The number of para-hydroxylation sites is 1. The van der Waals surface area contributed by atoms with Gasteiger partial charge < -0.3 is 14.8 Å². The number of fused-ring (bicyclic) bond motifs is 2. The number of H-pyrrole nitrogens is 1. The van der Waals surface area contributed by atoms with Crippen LogP contribution in [0.3, 0.4) is 0 Å². The Balaban J connectivity index is 1.47. The van der Waals surface area contributed by atoms with Gasteiger partial charge in [0.25, 0.3) is 0 Å². The summed E-state index contributed by atoms with van der Waals surface area (Å²) in [6.07, 6.45) is 0. The number of carbonyl (C=O) groups excluding carboxylic acids is 1. The van der Waals surface area contributed by atoms with Crippen molar-refractivity contribution in [2.45, 2.75) is 6.92 Å². The zero-order valence-electron chi connectivity index (χ0n) is 14.6. The van der Waals surface area contributed by atoms with Crippen molar-refractivity contribution in [1.82, 2.24) is 4.98 Å². The smallest absolute Gasteiger partial charge is 0.302 e. The van der Waals surface area contributed by atoms with Crippen LogP contribution >= 0.6 is 0 Å². The molecule has 6 nitrogen and oxygen atoms in total. The van der Waals surface area contributed by atoms with Gasteiger partial charge in [-0.2, -0.15) is 0 Å². The normalized spacial score (nSPS) is 11.4. The topological polar surface area (TPSA) is 87.0 Å². The first kappa shape index (κ1) is 16.8. The van der Waals surface area contributed by atoms with Crippen LogP contribution in [0.25, 0.3) is 21.7 Å². The van der Waals surface area contributed by atoms with E-state index in [1.807, 2.05) is 61.5 Å². The molecule has 0 saturated carbocycles. The molecule has 27 heavy (non-hydrogen) atoms. The Morgan fingerprint density at radius 1 is 1.07 bits per heavy atom. The molecule has 0 radical (unpaired) electrons. The van der Waals surface area contributed by atoms with Crippen molar-refractivity contribution >= 4 is 33.3 Å². The van der Waals surface area contributed by atoms with Gasteiger partial charge in [0.2, 0.25) is 5.88 Å². The number of benzene rings is 3. The number of aryl methyl sites for hydroxylation is 1. The molecule has 4 rings (SSSR count). The molecule has 0 atom stereocenters. The molecule has 2 N–H and O–H groups in total. The van der Waals surface area contributed by atoms with Gasteiger partial charge in [-0.05, 0) is 35.4 Å². The second-order valence-electron chi connectivity index (χ2n) is 6.21. The van der Waals surface area contributed by atoms with Crippen molar-refractivity contribution < 1.29 is 14.6 Å². The first-order valence-corrected chi connectivity index (χ1v) is 8.48. The summed E-state index contributed by atoms with van der Waals surface area (Å²) in [5.74, 6) is -0.0707. The van der Waals surface area contributed by atoms with Crippen molar-refractivity contribution in [1.29, 1.82) is 0 Å². The summed E-state index contributed by atoms with van der Waals surface area (Å²) in [7, 11) is 0. The van der Waals surface area contributed by atoms with Crippen molar-refractivity contribution in [3.8, 4) is 11.6 Å². The lowest BCUT2D eigenvalue weighted by Crippen LogP contribution is -2.07. The van der Waals surface area contributed by atoms with Crippen LogP contribution < -0.4 is 4.74 Å². The molecule has 0 saturated heterocycles. The van der Waals surface area contributed by atoms with E-state index in [4.69, 9.17) is 4.74 Å². The third-order valence-corrected chi connectivity index (χ3v) is 4.34. The lowest BCUT2D eigenvalue weighted by molar-refractivity contribution is -0.120. The van der Waals surface area contributed by atoms with Crippen LogP contribution in [0.1, 0.15) is 5.56 Å². The second kappa shape index (κ2) is 6.92. The Bertz CT molecular complexity index is 1180. The molecule has 134 valence electrons. The van der Waals surface area contributed by atoms with Crippen LogP contribution in [0, 0.1) is 6.92 Å². The molecule has 1 heterocycles. The molecule has 3 aromatic carbocycles. The van der Waals surface area contributed by atoms with E-state index in [-0.39, 0.29) is 18.2 Å². The van der Waals surface area contributed by atoms with Crippen molar-refractivity contribution in [3.05, 3.63) is 66.2 Å². The summed E-state index contributed by atoms with van der Waals surface area (Å²) in [6.45, 7) is 1.69. The number of rotatable bonds is 4. The van der Waals surface area contributed by atoms with Crippen molar-refractivity contribution in [3.63, 3.8) is 0 Å². The molecular formula is C21H17N3O3. The average molecular weight is 359 g/mol. The average Bonchev–Trinajstić information content (AvgIpc) is 3.01. The van der Waals surface area contributed by atoms with Gasteiger partial charge in [0.1, 0.15) is 5.75 Å². The third-order valence-electron chi connectivity index (χ3n) is 4.34. The minimum Gasteiger partial charge on any atom is -0.493 e. The highest BCUT2D eigenvalue weighted by molar-refractivity contribution is 5.96. The Labute approximate surface area is 155 Å². The number of hydrogen-bond acceptors (Lipinski definition) is 4. The zero-order valence-corrected chi connectivity index (χ0v) is 14.6. The Morgan fingerprint density at radius 2 is 1.89 bits per heavy atom. The zero-order chi connectivity index (χ0) is 18.8. The van der Waals surface area contributed by atoms with Crippen LogP contribution in [0.4, 0.5) is 5.69 Å². The maximum atomic E-state index is 12.0. The number of carbonyl (C=O) groups is 1. The molecule has 0 aliphatic rings. The number of amides is 1. The summed E-state index contributed by atoms with van der Waals surface area (Å²) in [5.41, 5.74) is 1.98. The number of aromatic hydroxyl groups is 1.